The number of carboxylic acids is 1. The van der Waals surface area contributed by atoms with Crippen molar-refractivity contribution < 1.29 is 9.90 Å². The first-order valence-electron chi connectivity index (χ1n) is 6.46. The molecule has 0 spiro atoms. The van der Waals surface area contributed by atoms with Crippen LogP contribution >= 0.6 is 0 Å². The van der Waals surface area contributed by atoms with E-state index in [2.05, 4.69) is 9.97 Å². The number of rotatable bonds is 2. The highest BCUT2D eigenvalue weighted by Gasteiger charge is 2.48. The number of fused-ring (bicyclic) bond motifs is 1. The number of aryl methyl sites for hydroxylation is 1. The van der Waals surface area contributed by atoms with Crippen molar-refractivity contribution in [1.82, 2.24) is 9.97 Å². The Morgan fingerprint density at radius 2 is 2.33 bits per heavy atom. The molecule has 2 aliphatic rings. The average molecular weight is 247 g/mol. The fraction of sp³-hybridized carbons (Fsp3) is 0.615. The predicted molar refractivity (Wildman–Crippen MR) is 66.4 cm³/mol. The van der Waals surface area contributed by atoms with Crippen molar-refractivity contribution in [2.24, 2.45) is 11.8 Å². The highest BCUT2D eigenvalue weighted by atomic mass is 16.4. The van der Waals surface area contributed by atoms with E-state index in [1.54, 1.807) is 6.20 Å². The highest BCUT2D eigenvalue weighted by Crippen LogP contribution is 2.43. The summed E-state index contributed by atoms with van der Waals surface area (Å²) in [4.78, 5) is 22.0. The van der Waals surface area contributed by atoms with Gasteiger partial charge in [0.05, 0.1) is 0 Å². The maximum absolute atomic E-state index is 11.5. The van der Waals surface area contributed by atoms with Crippen molar-refractivity contribution in [2.75, 3.05) is 11.4 Å². The summed E-state index contributed by atoms with van der Waals surface area (Å²) in [5.41, 5.74) is 0.876. The second-order valence-electron chi connectivity index (χ2n) is 5.29. The number of nitrogens with zero attached hydrogens (tertiary/aromatic N) is 3. The van der Waals surface area contributed by atoms with Gasteiger partial charge in [-0.15, -0.1) is 0 Å². The second kappa shape index (κ2) is 4.23. The topological polar surface area (TPSA) is 66.3 Å². The molecule has 18 heavy (non-hydrogen) atoms. The van der Waals surface area contributed by atoms with Crippen LogP contribution in [0.5, 0.6) is 0 Å². The van der Waals surface area contributed by atoms with E-state index in [0.29, 0.717) is 11.9 Å². The molecule has 1 aliphatic carbocycles. The van der Waals surface area contributed by atoms with Crippen LogP contribution in [0.2, 0.25) is 0 Å². The normalized spacial score (nSPS) is 30.5. The SMILES string of the molecule is Cc1ccnc(N2CC3CCCC3C2C(=O)O)n1. The van der Waals surface area contributed by atoms with Crippen LogP contribution in [0.15, 0.2) is 12.3 Å². The van der Waals surface area contributed by atoms with Gasteiger partial charge in [-0.1, -0.05) is 6.42 Å². The van der Waals surface area contributed by atoms with Gasteiger partial charge in [0.15, 0.2) is 0 Å². The third-order valence-corrected chi connectivity index (χ3v) is 4.18. The number of carbonyl (C=O) groups is 1. The minimum Gasteiger partial charge on any atom is -0.480 e. The standard InChI is InChI=1S/C13H17N3O2/c1-8-5-6-14-13(15-8)16-7-9-3-2-4-10(9)11(16)12(17)18/h5-6,9-11H,2-4,7H2,1H3,(H,17,18). The van der Waals surface area contributed by atoms with Crippen molar-refractivity contribution in [3.05, 3.63) is 18.0 Å². The van der Waals surface area contributed by atoms with Gasteiger partial charge >= 0.3 is 5.97 Å². The van der Waals surface area contributed by atoms with Gasteiger partial charge in [0.2, 0.25) is 5.95 Å². The molecule has 0 aromatic carbocycles. The summed E-state index contributed by atoms with van der Waals surface area (Å²) in [7, 11) is 0. The number of carboxylic acid groups (broad SMARTS) is 1. The molecule has 5 nitrogen and oxygen atoms in total. The summed E-state index contributed by atoms with van der Waals surface area (Å²) in [5, 5.41) is 9.46. The van der Waals surface area contributed by atoms with E-state index in [1.165, 1.54) is 0 Å². The lowest BCUT2D eigenvalue weighted by Gasteiger charge is -2.24. The first-order valence-corrected chi connectivity index (χ1v) is 6.46. The lowest BCUT2D eigenvalue weighted by Crippen LogP contribution is -2.40. The largest absolute Gasteiger partial charge is 0.480 e. The van der Waals surface area contributed by atoms with Gasteiger partial charge < -0.3 is 10.0 Å². The molecular weight excluding hydrogens is 230 g/mol. The minimum absolute atomic E-state index is 0.270. The van der Waals surface area contributed by atoms with Gasteiger partial charge in [-0.25, -0.2) is 14.8 Å². The molecular formula is C13H17N3O2. The van der Waals surface area contributed by atoms with Gasteiger partial charge in [0.1, 0.15) is 6.04 Å². The molecule has 3 atom stereocenters. The van der Waals surface area contributed by atoms with Crippen LogP contribution in [0.3, 0.4) is 0 Å². The smallest absolute Gasteiger partial charge is 0.326 e. The zero-order valence-corrected chi connectivity index (χ0v) is 10.4. The maximum atomic E-state index is 11.5. The Bertz CT molecular complexity index is 477. The van der Waals surface area contributed by atoms with Crippen molar-refractivity contribution in [2.45, 2.75) is 32.2 Å². The molecule has 2 fully saturated rings. The van der Waals surface area contributed by atoms with Crippen LogP contribution in [0, 0.1) is 18.8 Å². The molecule has 1 saturated heterocycles. The van der Waals surface area contributed by atoms with Crippen LogP contribution in [-0.4, -0.2) is 33.6 Å². The molecule has 2 heterocycles. The Morgan fingerprint density at radius 1 is 1.50 bits per heavy atom. The van der Waals surface area contributed by atoms with Gasteiger partial charge in [0.25, 0.3) is 0 Å². The van der Waals surface area contributed by atoms with Crippen LogP contribution in [0.25, 0.3) is 0 Å². The summed E-state index contributed by atoms with van der Waals surface area (Å²) < 4.78 is 0. The zero-order valence-electron chi connectivity index (χ0n) is 10.4. The number of hydrogen-bond acceptors (Lipinski definition) is 4. The molecule has 0 radical (unpaired) electrons. The van der Waals surface area contributed by atoms with E-state index in [-0.39, 0.29) is 5.92 Å². The maximum Gasteiger partial charge on any atom is 0.326 e. The van der Waals surface area contributed by atoms with Crippen LogP contribution < -0.4 is 4.90 Å². The minimum atomic E-state index is -0.741. The molecule has 3 rings (SSSR count). The van der Waals surface area contributed by atoms with Crippen molar-refractivity contribution >= 4 is 11.9 Å². The number of anilines is 1. The molecule has 0 bridgehead atoms. The van der Waals surface area contributed by atoms with Crippen molar-refractivity contribution in [3.63, 3.8) is 0 Å². The summed E-state index contributed by atoms with van der Waals surface area (Å²) in [6.07, 6.45) is 5.01. The molecule has 1 N–H and O–H groups in total. The Balaban J connectivity index is 1.94. The average Bonchev–Trinajstić information content (AvgIpc) is 2.87. The summed E-state index contributed by atoms with van der Waals surface area (Å²) in [6, 6.07) is 1.38. The summed E-state index contributed by atoms with van der Waals surface area (Å²) in [5.74, 6) is 0.591. The second-order valence-corrected chi connectivity index (χ2v) is 5.29. The molecule has 1 aromatic heterocycles. The van der Waals surface area contributed by atoms with E-state index in [9.17, 15) is 9.90 Å². The van der Waals surface area contributed by atoms with E-state index in [0.717, 1.165) is 31.5 Å². The van der Waals surface area contributed by atoms with Gasteiger partial charge in [-0.2, -0.15) is 0 Å². The lowest BCUT2D eigenvalue weighted by molar-refractivity contribution is -0.139. The fourth-order valence-corrected chi connectivity index (χ4v) is 3.40. The van der Waals surface area contributed by atoms with Gasteiger partial charge in [0, 0.05) is 18.4 Å². The quantitative estimate of drug-likeness (QED) is 0.857. The first-order chi connectivity index (χ1) is 8.66. The molecule has 1 aromatic rings. The Hall–Kier alpha value is -1.65. The molecule has 3 unspecified atom stereocenters. The van der Waals surface area contributed by atoms with Crippen molar-refractivity contribution in [3.8, 4) is 0 Å². The van der Waals surface area contributed by atoms with E-state index < -0.39 is 12.0 Å². The summed E-state index contributed by atoms with van der Waals surface area (Å²) >= 11 is 0. The third kappa shape index (κ3) is 1.74. The first kappa shape index (κ1) is 11.4. The molecule has 1 saturated carbocycles. The van der Waals surface area contributed by atoms with Crippen LogP contribution in [0.1, 0.15) is 25.0 Å². The van der Waals surface area contributed by atoms with Crippen LogP contribution in [0.4, 0.5) is 5.95 Å². The lowest BCUT2D eigenvalue weighted by atomic mass is 9.94. The van der Waals surface area contributed by atoms with Gasteiger partial charge in [-0.3, -0.25) is 0 Å². The number of hydrogen-bond donors (Lipinski definition) is 1. The predicted octanol–water partition coefficient (Wildman–Crippen LogP) is 1.47. The Kier molecular flexibility index (Phi) is 2.69. The molecule has 96 valence electrons. The van der Waals surface area contributed by atoms with E-state index >= 15 is 0 Å². The van der Waals surface area contributed by atoms with Crippen LogP contribution in [-0.2, 0) is 4.79 Å². The molecule has 5 heteroatoms. The van der Waals surface area contributed by atoms with Gasteiger partial charge in [-0.05, 0) is 37.7 Å². The van der Waals surface area contributed by atoms with E-state index in [4.69, 9.17) is 0 Å². The van der Waals surface area contributed by atoms with Crippen molar-refractivity contribution in [1.29, 1.82) is 0 Å². The monoisotopic (exact) mass is 247 g/mol. The zero-order chi connectivity index (χ0) is 12.7. The molecule has 0 amide bonds. The third-order valence-electron chi connectivity index (χ3n) is 4.18. The fourth-order valence-electron chi connectivity index (χ4n) is 3.40. The highest BCUT2D eigenvalue weighted by molar-refractivity contribution is 5.78. The Labute approximate surface area is 106 Å². The number of aliphatic carboxylic acids is 1. The Morgan fingerprint density at radius 3 is 3.06 bits per heavy atom. The number of aromatic nitrogens is 2. The molecule has 1 aliphatic heterocycles. The van der Waals surface area contributed by atoms with E-state index in [1.807, 2.05) is 17.9 Å². The summed E-state index contributed by atoms with van der Waals surface area (Å²) in [6.45, 7) is 2.68.